The van der Waals surface area contributed by atoms with Gasteiger partial charge in [-0.3, -0.25) is 14.9 Å². The van der Waals surface area contributed by atoms with E-state index in [1.807, 2.05) is 0 Å². The lowest BCUT2D eigenvalue weighted by molar-refractivity contribution is -0.387. The summed E-state index contributed by atoms with van der Waals surface area (Å²) in [5.41, 5.74) is -3.14. The Morgan fingerprint density at radius 2 is 2.18 bits per heavy atom. The minimum absolute atomic E-state index is 0.499. The zero-order valence-corrected chi connectivity index (χ0v) is 8.06. The average Bonchev–Trinajstić information content (AvgIpc) is 2.18. The number of aliphatic carboxylic acids is 1. The number of nitro groups is 1. The molecule has 0 fully saturated rings. The second kappa shape index (κ2) is 4.76. The van der Waals surface area contributed by atoms with Crippen LogP contribution < -0.4 is 0 Å². The number of carboxylic acids is 1. The first kappa shape index (κ1) is 12.9. The van der Waals surface area contributed by atoms with Crippen molar-refractivity contribution in [1.29, 1.82) is 0 Å². The largest absolute Gasteiger partial charge is 0.481 e. The molecule has 17 heavy (non-hydrogen) atoms. The normalized spacial score (nSPS) is 10.6. The van der Waals surface area contributed by atoms with Gasteiger partial charge in [-0.15, -0.1) is 0 Å². The van der Waals surface area contributed by atoms with E-state index in [2.05, 4.69) is 4.98 Å². The van der Waals surface area contributed by atoms with E-state index in [0.717, 1.165) is 0 Å². The maximum atomic E-state index is 13.2. The highest BCUT2D eigenvalue weighted by atomic mass is 19.3. The summed E-state index contributed by atoms with van der Waals surface area (Å²) in [6.45, 7) is 0. The molecule has 0 aliphatic rings. The van der Waals surface area contributed by atoms with Gasteiger partial charge in [0.05, 0.1) is 17.0 Å². The molecule has 1 N–H and O–H groups in total. The summed E-state index contributed by atoms with van der Waals surface area (Å²) in [6, 6.07) is 0.523. The van der Waals surface area contributed by atoms with Crippen molar-refractivity contribution in [2.45, 2.75) is 12.8 Å². The smallest absolute Gasteiger partial charge is 0.309 e. The van der Waals surface area contributed by atoms with Crippen LogP contribution in [0.15, 0.2) is 6.07 Å². The number of carboxylic acid groups (broad SMARTS) is 1. The number of rotatable bonds is 4. The summed E-state index contributed by atoms with van der Waals surface area (Å²) < 4.78 is 37.8. The molecule has 92 valence electrons. The third-order valence-electron chi connectivity index (χ3n) is 1.75. The van der Waals surface area contributed by atoms with Crippen molar-refractivity contribution in [2.24, 2.45) is 0 Å². The number of pyridine rings is 1. The van der Waals surface area contributed by atoms with Gasteiger partial charge >= 0.3 is 11.7 Å². The van der Waals surface area contributed by atoms with Gasteiger partial charge in [-0.25, -0.2) is 13.8 Å². The van der Waals surface area contributed by atoms with Crippen LogP contribution in [0.4, 0.5) is 18.9 Å². The minimum atomic E-state index is -3.36. The number of hydrogen-bond donors (Lipinski definition) is 1. The average molecular weight is 250 g/mol. The number of carbonyl (C=O) groups is 1. The molecule has 0 unspecified atom stereocenters. The van der Waals surface area contributed by atoms with E-state index in [0.29, 0.717) is 6.07 Å². The second-order valence-corrected chi connectivity index (χ2v) is 2.96. The molecule has 1 aromatic heterocycles. The van der Waals surface area contributed by atoms with Crippen LogP contribution in [-0.2, 0) is 11.2 Å². The molecule has 0 aliphatic heterocycles. The van der Waals surface area contributed by atoms with Crippen molar-refractivity contribution >= 4 is 11.7 Å². The second-order valence-electron chi connectivity index (χ2n) is 2.96. The van der Waals surface area contributed by atoms with Crippen molar-refractivity contribution in [1.82, 2.24) is 4.98 Å². The maximum absolute atomic E-state index is 13.2. The molecule has 1 heterocycles. The Morgan fingerprint density at radius 3 is 2.59 bits per heavy atom. The lowest BCUT2D eigenvalue weighted by Gasteiger charge is -2.04. The van der Waals surface area contributed by atoms with E-state index in [9.17, 15) is 28.1 Å². The van der Waals surface area contributed by atoms with Crippen LogP contribution in [0.25, 0.3) is 0 Å². The van der Waals surface area contributed by atoms with Gasteiger partial charge in [0.2, 0.25) is 5.82 Å². The molecule has 0 bridgehead atoms. The van der Waals surface area contributed by atoms with Crippen molar-refractivity contribution in [3.05, 3.63) is 33.4 Å². The van der Waals surface area contributed by atoms with Crippen molar-refractivity contribution < 1.29 is 28.0 Å². The van der Waals surface area contributed by atoms with Crippen LogP contribution in [0, 0.1) is 15.9 Å². The number of nitrogens with zero attached hydrogens (tertiary/aromatic N) is 2. The third-order valence-corrected chi connectivity index (χ3v) is 1.75. The van der Waals surface area contributed by atoms with Crippen LogP contribution >= 0.6 is 0 Å². The molecule has 0 amide bonds. The molecular weight excluding hydrogens is 245 g/mol. The van der Waals surface area contributed by atoms with Crippen molar-refractivity contribution in [3.8, 4) is 0 Å². The lowest BCUT2D eigenvalue weighted by Crippen LogP contribution is -2.08. The third kappa shape index (κ3) is 2.89. The molecule has 0 aromatic carbocycles. The molecule has 6 nitrogen and oxygen atoms in total. The first-order valence-electron chi connectivity index (χ1n) is 4.16. The zero-order chi connectivity index (χ0) is 13.2. The van der Waals surface area contributed by atoms with E-state index in [1.165, 1.54) is 0 Å². The van der Waals surface area contributed by atoms with E-state index >= 15 is 0 Å². The molecule has 0 saturated heterocycles. The molecule has 1 rings (SSSR count). The van der Waals surface area contributed by atoms with E-state index < -0.39 is 46.6 Å². The van der Waals surface area contributed by atoms with Crippen LogP contribution in [0.2, 0.25) is 0 Å². The summed E-state index contributed by atoms with van der Waals surface area (Å²) in [6.07, 6.45) is -4.16. The highest BCUT2D eigenvalue weighted by molar-refractivity contribution is 5.69. The highest BCUT2D eigenvalue weighted by Gasteiger charge is 2.26. The number of hydrogen-bond acceptors (Lipinski definition) is 4. The number of aromatic nitrogens is 1. The van der Waals surface area contributed by atoms with Gasteiger partial charge in [0, 0.05) is 6.07 Å². The molecule has 0 radical (unpaired) electrons. The van der Waals surface area contributed by atoms with Gasteiger partial charge in [0.1, 0.15) is 5.69 Å². The Hall–Kier alpha value is -2.19. The fourth-order valence-electron chi connectivity index (χ4n) is 1.11. The quantitative estimate of drug-likeness (QED) is 0.648. The first-order chi connectivity index (χ1) is 7.82. The summed E-state index contributed by atoms with van der Waals surface area (Å²) in [5.74, 6) is -3.17. The minimum Gasteiger partial charge on any atom is -0.481 e. The zero-order valence-electron chi connectivity index (χ0n) is 8.06. The van der Waals surface area contributed by atoms with Crippen LogP contribution in [0.1, 0.15) is 17.8 Å². The monoisotopic (exact) mass is 250 g/mol. The predicted octanol–water partition coefficient (Wildman–Crippen LogP) is 1.69. The molecule has 1 aromatic rings. The molecule has 9 heteroatoms. The Bertz CT molecular complexity index is 478. The Kier molecular flexibility index (Phi) is 3.61. The summed E-state index contributed by atoms with van der Waals surface area (Å²) in [5, 5.41) is 18.8. The Balaban J connectivity index is 3.36. The molecule has 0 atom stereocenters. The standard InChI is InChI=1S/C8H5F3N2O4/c9-6-4(13(16)17)1-3(2-5(14)15)12-7(6)8(10)11/h1,8H,2H2,(H,14,15). The summed E-state index contributed by atoms with van der Waals surface area (Å²) in [7, 11) is 0. The summed E-state index contributed by atoms with van der Waals surface area (Å²) >= 11 is 0. The van der Waals surface area contributed by atoms with E-state index in [1.54, 1.807) is 0 Å². The van der Waals surface area contributed by atoms with Crippen LogP contribution in [0.3, 0.4) is 0 Å². The maximum Gasteiger partial charge on any atom is 0.309 e. The van der Waals surface area contributed by atoms with Crippen LogP contribution in [-0.4, -0.2) is 21.0 Å². The van der Waals surface area contributed by atoms with E-state index in [-0.39, 0.29) is 0 Å². The Labute approximate surface area is 91.9 Å². The van der Waals surface area contributed by atoms with Crippen LogP contribution in [0.5, 0.6) is 0 Å². The van der Waals surface area contributed by atoms with Gasteiger partial charge in [0.15, 0.2) is 0 Å². The summed E-state index contributed by atoms with van der Waals surface area (Å²) in [4.78, 5) is 22.5. The Morgan fingerprint density at radius 1 is 1.59 bits per heavy atom. The lowest BCUT2D eigenvalue weighted by atomic mass is 10.2. The first-order valence-corrected chi connectivity index (χ1v) is 4.16. The van der Waals surface area contributed by atoms with Gasteiger partial charge in [-0.1, -0.05) is 0 Å². The van der Waals surface area contributed by atoms with E-state index in [4.69, 9.17) is 5.11 Å². The van der Waals surface area contributed by atoms with Gasteiger partial charge in [0.25, 0.3) is 6.43 Å². The fourth-order valence-corrected chi connectivity index (χ4v) is 1.11. The van der Waals surface area contributed by atoms with Gasteiger partial charge < -0.3 is 5.11 Å². The molecule has 0 spiro atoms. The molecule has 0 aliphatic carbocycles. The number of halogens is 3. The SMILES string of the molecule is O=C(O)Cc1cc([N+](=O)[O-])c(F)c(C(F)F)n1. The van der Waals surface area contributed by atoms with Gasteiger partial charge in [-0.05, 0) is 0 Å². The highest BCUT2D eigenvalue weighted by Crippen LogP contribution is 2.27. The molecular formula is C8H5F3N2O4. The van der Waals surface area contributed by atoms with Gasteiger partial charge in [-0.2, -0.15) is 4.39 Å². The number of alkyl halides is 2. The topological polar surface area (TPSA) is 93.3 Å². The van der Waals surface area contributed by atoms with Crippen molar-refractivity contribution in [2.75, 3.05) is 0 Å². The fraction of sp³-hybridized carbons (Fsp3) is 0.250. The predicted molar refractivity (Wildman–Crippen MR) is 47.1 cm³/mol. The van der Waals surface area contributed by atoms with Crippen molar-refractivity contribution in [3.63, 3.8) is 0 Å². The molecule has 0 saturated carbocycles.